The first kappa shape index (κ1) is 33.5. The molecule has 1 aliphatic rings. The van der Waals surface area contributed by atoms with Gasteiger partial charge in [-0.2, -0.15) is 8.42 Å². The molecule has 4 rings (SSSR count). The predicted molar refractivity (Wildman–Crippen MR) is 178 cm³/mol. The highest BCUT2D eigenvalue weighted by atomic mass is 32.2. The molecule has 0 aliphatic carbocycles. The van der Waals surface area contributed by atoms with E-state index in [0.29, 0.717) is 36.3 Å². The number of hydrogen-bond donors (Lipinski definition) is 3. The third kappa shape index (κ3) is 8.85. The van der Waals surface area contributed by atoms with Gasteiger partial charge in [0.15, 0.2) is 0 Å². The van der Waals surface area contributed by atoms with Crippen LogP contribution in [-0.2, 0) is 29.8 Å². The molecule has 0 saturated heterocycles. The van der Waals surface area contributed by atoms with Crippen molar-refractivity contribution >= 4 is 30.0 Å². The quantitative estimate of drug-likeness (QED) is 0.199. The van der Waals surface area contributed by atoms with Crippen LogP contribution in [-0.4, -0.2) is 59.2 Å². The van der Waals surface area contributed by atoms with Gasteiger partial charge in [-0.25, -0.2) is 13.4 Å². The number of amides is 2. The molecule has 0 bridgehead atoms. The second kappa shape index (κ2) is 14.6. The van der Waals surface area contributed by atoms with Crippen molar-refractivity contribution in [2.24, 2.45) is 0 Å². The van der Waals surface area contributed by atoms with Crippen molar-refractivity contribution in [2.45, 2.75) is 45.3 Å². The number of benzene rings is 3. The summed E-state index contributed by atoms with van der Waals surface area (Å²) in [6, 6.07) is 20.5. The molecule has 0 spiro atoms. The van der Waals surface area contributed by atoms with Crippen LogP contribution in [0.3, 0.4) is 0 Å². The van der Waals surface area contributed by atoms with Crippen LogP contribution in [0.4, 0.5) is 10.5 Å². The van der Waals surface area contributed by atoms with Crippen LogP contribution in [0.15, 0.2) is 78.8 Å². The second-order valence-corrected chi connectivity index (χ2v) is 19.1. The number of nitrogens with zero attached hydrogens (tertiary/aromatic N) is 2. The van der Waals surface area contributed by atoms with E-state index in [1.165, 1.54) is 6.20 Å². The number of carbonyl (C=O) groups excluding carboxylic acids is 1. The Kier molecular flexibility index (Phi) is 10.9. The highest BCUT2D eigenvalue weighted by molar-refractivity contribution is 7.91. The molecule has 1 aliphatic heterocycles. The maximum absolute atomic E-state index is 13.5. The highest BCUT2D eigenvalue weighted by Crippen LogP contribution is 2.37. The van der Waals surface area contributed by atoms with Crippen LogP contribution in [0.25, 0.3) is 0 Å². The Balaban J connectivity index is 1.45. The van der Waals surface area contributed by atoms with E-state index < -0.39 is 18.3 Å². The Morgan fingerprint density at radius 3 is 2.36 bits per heavy atom. The standard InChI is InChI=1S/C32H42N4O7SSi/c1-41-27-13-12-26(29(20-27)42-2)21-34-32(38)33-16-15-24-11-14-28(30(19-24)43-23-25-9-7-6-8-10-25)36-22-31(37)35(44(36,39)40)17-18-45(3,4)5/h6-14,19-20,22,37H,15-18,21,23H2,1-5H3,(H2,33,34,38). The van der Waals surface area contributed by atoms with Gasteiger partial charge in [0.05, 0.1) is 20.4 Å². The molecule has 2 amide bonds. The molecule has 0 radical (unpaired) electrons. The Morgan fingerprint density at radius 1 is 0.911 bits per heavy atom. The fourth-order valence-corrected chi connectivity index (χ4v) is 7.13. The van der Waals surface area contributed by atoms with Crippen LogP contribution in [0.2, 0.25) is 25.7 Å². The molecular formula is C32H42N4O7SSi. The summed E-state index contributed by atoms with van der Waals surface area (Å²) in [6.45, 7) is 7.47. The van der Waals surface area contributed by atoms with Crippen LogP contribution < -0.4 is 29.1 Å². The number of methoxy groups -OCH3 is 2. The van der Waals surface area contributed by atoms with E-state index in [2.05, 4.69) is 30.3 Å². The summed E-state index contributed by atoms with van der Waals surface area (Å²) in [4.78, 5) is 12.5. The summed E-state index contributed by atoms with van der Waals surface area (Å²) in [7, 11) is -2.49. The first-order valence-electron chi connectivity index (χ1n) is 14.7. The van der Waals surface area contributed by atoms with Crippen molar-refractivity contribution in [1.82, 2.24) is 14.9 Å². The molecule has 0 aromatic heterocycles. The molecule has 1 heterocycles. The molecule has 0 saturated carbocycles. The second-order valence-electron chi connectivity index (χ2n) is 11.8. The lowest BCUT2D eigenvalue weighted by Crippen LogP contribution is -2.37. The van der Waals surface area contributed by atoms with Crippen LogP contribution in [0, 0.1) is 0 Å². The van der Waals surface area contributed by atoms with Crippen LogP contribution >= 0.6 is 0 Å². The summed E-state index contributed by atoms with van der Waals surface area (Å²) >= 11 is 0. The molecule has 3 aromatic carbocycles. The van der Waals surface area contributed by atoms with E-state index in [9.17, 15) is 18.3 Å². The van der Waals surface area contributed by atoms with Gasteiger partial charge in [-0.3, -0.25) is 0 Å². The first-order valence-corrected chi connectivity index (χ1v) is 19.8. The highest BCUT2D eigenvalue weighted by Gasteiger charge is 2.39. The molecule has 0 unspecified atom stereocenters. The Hall–Kier alpha value is -4.36. The average Bonchev–Trinajstić information content (AvgIpc) is 3.24. The molecule has 13 heteroatoms. The largest absolute Gasteiger partial charge is 0.497 e. The number of ether oxygens (including phenoxy) is 3. The molecular weight excluding hydrogens is 613 g/mol. The van der Waals surface area contributed by atoms with Crippen molar-refractivity contribution < 1.29 is 32.5 Å². The van der Waals surface area contributed by atoms with E-state index in [-0.39, 0.29) is 37.3 Å². The number of rotatable bonds is 14. The summed E-state index contributed by atoms with van der Waals surface area (Å²) in [6.07, 6.45) is 1.69. The topological polar surface area (TPSA) is 130 Å². The van der Waals surface area contributed by atoms with Gasteiger partial charge in [0, 0.05) is 39.3 Å². The third-order valence-corrected chi connectivity index (χ3v) is 10.7. The van der Waals surface area contributed by atoms with Crippen LogP contribution in [0.1, 0.15) is 16.7 Å². The number of aliphatic hydroxyl groups is 1. The number of urea groups is 1. The fraction of sp³-hybridized carbons (Fsp3) is 0.344. The predicted octanol–water partition coefficient (Wildman–Crippen LogP) is 5.39. The maximum Gasteiger partial charge on any atom is 0.332 e. The van der Waals surface area contributed by atoms with Gasteiger partial charge in [-0.15, -0.1) is 0 Å². The van der Waals surface area contributed by atoms with Gasteiger partial charge >= 0.3 is 16.2 Å². The summed E-state index contributed by atoms with van der Waals surface area (Å²) in [5.41, 5.74) is 2.84. The van der Waals surface area contributed by atoms with Crippen molar-refractivity contribution in [2.75, 3.05) is 31.6 Å². The van der Waals surface area contributed by atoms with Gasteiger partial charge in [0.25, 0.3) is 0 Å². The maximum atomic E-state index is 13.5. The van der Waals surface area contributed by atoms with E-state index in [1.807, 2.05) is 36.4 Å². The van der Waals surface area contributed by atoms with Gasteiger partial charge in [-0.05, 0) is 47.9 Å². The summed E-state index contributed by atoms with van der Waals surface area (Å²) in [5.74, 6) is 1.29. The normalized spacial score (nSPS) is 14.1. The number of nitrogens with one attached hydrogen (secondary N) is 2. The van der Waals surface area contributed by atoms with Crippen molar-refractivity contribution in [3.8, 4) is 17.2 Å². The minimum atomic E-state index is -4.05. The number of carbonyl (C=O) groups is 1. The lowest BCUT2D eigenvalue weighted by atomic mass is 10.1. The monoisotopic (exact) mass is 654 g/mol. The Bertz CT molecular complexity index is 1610. The summed E-state index contributed by atoms with van der Waals surface area (Å²) in [5, 5.41) is 16.3. The average molecular weight is 655 g/mol. The number of anilines is 1. The van der Waals surface area contributed by atoms with Gasteiger partial charge < -0.3 is 30.0 Å². The molecule has 242 valence electrons. The zero-order chi connectivity index (χ0) is 32.6. The lowest BCUT2D eigenvalue weighted by Gasteiger charge is -2.25. The van der Waals surface area contributed by atoms with Gasteiger partial charge in [0.2, 0.25) is 5.88 Å². The van der Waals surface area contributed by atoms with Crippen molar-refractivity contribution in [3.05, 3.63) is 95.5 Å². The van der Waals surface area contributed by atoms with Crippen molar-refractivity contribution in [1.29, 1.82) is 0 Å². The van der Waals surface area contributed by atoms with E-state index in [0.717, 1.165) is 25.3 Å². The van der Waals surface area contributed by atoms with Crippen LogP contribution in [0.5, 0.6) is 17.2 Å². The molecule has 0 atom stereocenters. The van der Waals surface area contributed by atoms with E-state index >= 15 is 0 Å². The Labute approximate surface area is 266 Å². The molecule has 0 fully saturated rings. The molecule has 3 aromatic rings. The lowest BCUT2D eigenvalue weighted by molar-refractivity contribution is 0.240. The van der Waals surface area contributed by atoms with Gasteiger partial charge in [0.1, 0.15) is 29.5 Å². The fourth-order valence-electron chi connectivity index (χ4n) is 4.62. The SMILES string of the molecule is COc1ccc(CNC(=O)NCCc2ccc(N3C=C(O)N(CC[Si](C)(C)C)S3(=O)=O)c(OCc3ccccc3)c2)c(OC)c1. The molecule has 3 N–H and O–H groups in total. The first-order chi connectivity index (χ1) is 21.4. The molecule has 11 nitrogen and oxygen atoms in total. The Morgan fingerprint density at radius 2 is 1.67 bits per heavy atom. The van der Waals surface area contributed by atoms with Crippen molar-refractivity contribution in [3.63, 3.8) is 0 Å². The van der Waals surface area contributed by atoms with Gasteiger partial charge in [-0.1, -0.05) is 56.0 Å². The zero-order valence-electron chi connectivity index (χ0n) is 26.4. The van der Waals surface area contributed by atoms with E-state index in [1.54, 1.807) is 44.6 Å². The number of hydrogen-bond acceptors (Lipinski definition) is 7. The number of aliphatic hydroxyl groups excluding tert-OH is 1. The minimum absolute atomic E-state index is 0.203. The summed E-state index contributed by atoms with van der Waals surface area (Å²) < 4.78 is 46.0. The molecule has 45 heavy (non-hydrogen) atoms. The smallest absolute Gasteiger partial charge is 0.332 e. The zero-order valence-corrected chi connectivity index (χ0v) is 28.2. The third-order valence-electron chi connectivity index (χ3n) is 7.21. The van der Waals surface area contributed by atoms with E-state index in [4.69, 9.17) is 14.2 Å². The minimum Gasteiger partial charge on any atom is -0.497 e.